The highest BCUT2D eigenvalue weighted by Gasteiger charge is 2.25. The SMILES string of the molecule is Nc1cnccc1N1CCN(C2CCOCC2)CC1. The van der Waals surface area contributed by atoms with Gasteiger partial charge in [0.1, 0.15) is 0 Å². The molecule has 104 valence electrons. The van der Waals surface area contributed by atoms with E-state index in [9.17, 15) is 0 Å². The Morgan fingerprint density at radius 1 is 1.16 bits per heavy atom. The molecule has 1 aromatic heterocycles. The molecule has 19 heavy (non-hydrogen) atoms. The number of rotatable bonds is 2. The van der Waals surface area contributed by atoms with Gasteiger partial charge in [0.25, 0.3) is 0 Å². The van der Waals surface area contributed by atoms with Gasteiger partial charge >= 0.3 is 0 Å². The summed E-state index contributed by atoms with van der Waals surface area (Å²) in [5.41, 5.74) is 7.90. The summed E-state index contributed by atoms with van der Waals surface area (Å²) in [4.78, 5) is 9.03. The molecule has 0 spiro atoms. The maximum absolute atomic E-state index is 5.99. The lowest BCUT2D eigenvalue weighted by atomic mass is 10.1. The summed E-state index contributed by atoms with van der Waals surface area (Å²) in [7, 11) is 0. The number of anilines is 2. The summed E-state index contributed by atoms with van der Waals surface area (Å²) in [6.45, 7) is 6.17. The highest BCUT2D eigenvalue weighted by molar-refractivity contribution is 5.66. The van der Waals surface area contributed by atoms with Crippen LogP contribution in [0.25, 0.3) is 0 Å². The van der Waals surface area contributed by atoms with Gasteiger partial charge in [-0.1, -0.05) is 0 Å². The van der Waals surface area contributed by atoms with E-state index in [2.05, 4.69) is 14.8 Å². The van der Waals surface area contributed by atoms with Crippen LogP contribution in [0.5, 0.6) is 0 Å². The zero-order chi connectivity index (χ0) is 13.1. The van der Waals surface area contributed by atoms with Crippen LogP contribution in [-0.2, 0) is 4.74 Å². The van der Waals surface area contributed by atoms with Crippen LogP contribution >= 0.6 is 0 Å². The fourth-order valence-corrected chi connectivity index (χ4v) is 3.07. The maximum Gasteiger partial charge on any atom is 0.0738 e. The summed E-state index contributed by atoms with van der Waals surface area (Å²) in [5.74, 6) is 0. The van der Waals surface area contributed by atoms with E-state index in [-0.39, 0.29) is 0 Å². The molecule has 2 aliphatic rings. The van der Waals surface area contributed by atoms with Crippen molar-refractivity contribution in [3.63, 3.8) is 0 Å². The van der Waals surface area contributed by atoms with E-state index in [4.69, 9.17) is 10.5 Å². The second kappa shape index (κ2) is 5.75. The lowest BCUT2D eigenvalue weighted by Gasteiger charge is -2.41. The highest BCUT2D eigenvalue weighted by Crippen LogP contribution is 2.24. The molecule has 0 bridgehead atoms. The van der Waals surface area contributed by atoms with E-state index in [1.165, 1.54) is 12.8 Å². The van der Waals surface area contributed by atoms with Gasteiger partial charge in [0, 0.05) is 51.6 Å². The van der Waals surface area contributed by atoms with Gasteiger partial charge in [-0.2, -0.15) is 0 Å². The zero-order valence-corrected chi connectivity index (χ0v) is 11.3. The van der Waals surface area contributed by atoms with Crippen molar-refractivity contribution in [3.05, 3.63) is 18.5 Å². The summed E-state index contributed by atoms with van der Waals surface area (Å²) >= 11 is 0. The lowest BCUT2D eigenvalue weighted by Crippen LogP contribution is -2.51. The van der Waals surface area contributed by atoms with E-state index in [0.29, 0.717) is 6.04 Å². The zero-order valence-electron chi connectivity index (χ0n) is 11.3. The third-order valence-corrected chi connectivity index (χ3v) is 4.19. The van der Waals surface area contributed by atoms with Crippen LogP contribution in [-0.4, -0.2) is 55.3 Å². The summed E-state index contributed by atoms with van der Waals surface area (Å²) in [5, 5.41) is 0. The molecule has 3 rings (SSSR count). The first kappa shape index (κ1) is 12.7. The number of piperazine rings is 1. The van der Waals surface area contributed by atoms with Crippen molar-refractivity contribution in [2.45, 2.75) is 18.9 Å². The summed E-state index contributed by atoms with van der Waals surface area (Å²) in [6.07, 6.45) is 5.91. The van der Waals surface area contributed by atoms with Crippen LogP contribution < -0.4 is 10.6 Å². The quantitative estimate of drug-likeness (QED) is 0.860. The number of nitrogen functional groups attached to an aromatic ring is 1. The molecule has 0 amide bonds. The molecule has 2 aliphatic heterocycles. The fourth-order valence-electron chi connectivity index (χ4n) is 3.07. The van der Waals surface area contributed by atoms with Gasteiger partial charge in [0.15, 0.2) is 0 Å². The van der Waals surface area contributed by atoms with E-state index < -0.39 is 0 Å². The Kier molecular flexibility index (Phi) is 3.84. The minimum Gasteiger partial charge on any atom is -0.396 e. The van der Waals surface area contributed by atoms with Crippen molar-refractivity contribution in [2.75, 3.05) is 50.0 Å². The monoisotopic (exact) mass is 262 g/mol. The number of aromatic nitrogens is 1. The maximum atomic E-state index is 5.99. The molecule has 0 radical (unpaired) electrons. The molecule has 2 saturated heterocycles. The normalized spacial score (nSPS) is 22.6. The molecule has 2 fully saturated rings. The summed E-state index contributed by atoms with van der Waals surface area (Å²) < 4.78 is 5.44. The third kappa shape index (κ3) is 2.82. The van der Waals surface area contributed by atoms with Gasteiger partial charge in [-0.25, -0.2) is 0 Å². The van der Waals surface area contributed by atoms with Crippen LogP contribution in [0, 0.1) is 0 Å². The van der Waals surface area contributed by atoms with E-state index in [0.717, 1.165) is 50.8 Å². The Morgan fingerprint density at radius 2 is 1.89 bits per heavy atom. The predicted molar refractivity (Wildman–Crippen MR) is 76.3 cm³/mol. The smallest absolute Gasteiger partial charge is 0.0738 e. The summed E-state index contributed by atoms with van der Waals surface area (Å²) in [6, 6.07) is 2.73. The number of pyridine rings is 1. The van der Waals surface area contributed by atoms with Gasteiger partial charge in [0.05, 0.1) is 17.6 Å². The molecule has 3 heterocycles. The van der Waals surface area contributed by atoms with Crippen molar-refractivity contribution in [1.29, 1.82) is 0 Å². The number of nitrogens with zero attached hydrogens (tertiary/aromatic N) is 3. The van der Waals surface area contributed by atoms with Gasteiger partial charge in [-0.05, 0) is 18.9 Å². The highest BCUT2D eigenvalue weighted by atomic mass is 16.5. The second-order valence-electron chi connectivity index (χ2n) is 5.30. The first-order chi connectivity index (χ1) is 9.34. The van der Waals surface area contributed by atoms with Gasteiger partial charge in [-0.3, -0.25) is 9.88 Å². The average Bonchev–Trinajstić information content (AvgIpc) is 2.49. The molecule has 0 unspecified atom stereocenters. The first-order valence-corrected chi connectivity index (χ1v) is 7.11. The van der Waals surface area contributed by atoms with Gasteiger partial charge in [0.2, 0.25) is 0 Å². The molecular weight excluding hydrogens is 240 g/mol. The number of ether oxygens (including phenoxy) is 1. The Bertz CT molecular complexity index is 412. The van der Waals surface area contributed by atoms with Crippen molar-refractivity contribution >= 4 is 11.4 Å². The molecule has 5 heteroatoms. The van der Waals surface area contributed by atoms with Gasteiger partial charge in [-0.15, -0.1) is 0 Å². The molecular formula is C14H22N4O. The minimum absolute atomic E-state index is 0.714. The number of hydrogen-bond acceptors (Lipinski definition) is 5. The Morgan fingerprint density at radius 3 is 2.58 bits per heavy atom. The van der Waals surface area contributed by atoms with Gasteiger partial charge < -0.3 is 15.4 Å². The van der Waals surface area contributed by atoms with E-state index in [1.807, 2.05) is 12.3 Å². The Labute approximate surface area is 114 Å². The average molecular weight is 262 g/mol. The number of nitrogens with two attached hydrogens (primary N) is 1. The van der Waals surface area contributed by atoms with E-state index >= 15 is 0 Å². The second-order valence-corrected chi connectivity index (χ2v) is 5.30. The lowest BCUT2D eigenvalue weighted by molar-refractivity contribution is 0.0321. The van der Waals surface area contributed by atoms with Crippen molar-refractivity contribution in [3.8, 4) is 0 Å². The van der Waals surface area contributed by atoms with Crippen LogP contribution in [0.4, 0.5) is 11.4 Å². The van der Waals surface area contributed by atoms with Crippen LogP contribution in [0.15, 0.2) is 18.5 Å². The van der Waals surface area contributed by atoms with Crippen molar-refractivity contribution < 1.29 is 4.74 Å². The topological polar surface area (TPSA) is 54.6 Å². The van der Waals surface area contributed by atoms with Crippen LogP contribution in [0.2, 0.25) is 0 Å². The Hall–Kier alpha value is -1.33. The largest absolute Gasteiger partial charge is 0.396 e. The van der Waals surface area contributed by atoms with Crippen LogP contribution in [0.3, 0.4) is 0 Å². The molecule has 2 N–H and O–H groups in total. The molecule has 0 aliphatic carbocycles. The minimum atomic E-state index is 0.714. The standard InChI is InChI=1S/C14H22N4O/c15-13-11-16-4-1-14(13)18-7-5-17(6-8-18)12-2-9-19-10-3-12/h1,4,11-12H,2-3,5-10,15H2. The molecule has 5 nitrogen and oxygen atoms in total. The third-order valence-electron chi connectivity index (χ3n) is 4.19. The predicted octanol–water partition coefficient (Wildman–Crippen LogP) is 0.965. The first-order valence-electron chi connectivity index (χ1n) is 7.11. The fraction of sp³-hybridized carbons (Fsp3) is 0.643. The number of hydrogen-bond donors (Lipinski definition) is 1. The molecule has 0 atom stereocenters. The van der Waals surface area contributed by atoms with Crippen molar-refractivity contribution in [1.82, 2.24) is 9.88 Å². The van der Waals surface area contributed by atoms with Crippen LogP contribution in [0.1, 0.15) is 12.8 Å². The van der Waals surface area contributed by atoms with E-state index in [1.54, 1.807) is 6.20 Å². The Balaban J connectivity index is 1.58. The molecule has 0 saturated carbocycles. The molecule has 1 aromatic rings. The molecule has 0 aromatic carbocycles. The van der Waals surface area contributed by atoms with Crippen molar-refractivity contribution in [2.24, 2.45) is 0 Å².